The summed E-state index contributed by atoms with van der Waals surface area (Å²) in [6, 6.07) is 8.93. The number of amides is 1. The minimum Gasteiger partial charge on any atom is -0.396 e. The van der Waals surface area contributed by atoms with Gasteiger partial charge in [-0.2, -0.15) is 5.26 Å². The Hall–Kier alpha value is -1.86. The smallest absolute Gasteiger partial charge is 0.255 e. The molecule has 1 aliphatic rings. The number of carbonyl (C=O) groups is 1. The summed E-state index contributed by atoms with van der Waals surface area (Å²) < 4.78 is 0. The monoisotopic (exact) mass is 244 g/mol. The van der Waals surface area contributed by atoms with Gasteiger partial charge in [0, 0.05) is 19.7 Å². The molecule has 1 saturated heterocycles. The molecule has 18 heavy (non-hydrogen) atoms. The summed E-state index contributed by atoms with van der Waals surface area (Å²) in [6.45, 7) is 1.50. The fraction of sp³-hybridized carbons (Fsp3) is 0.429. The summed E-state index contributed by atoms with van der Waals surface area (Å²) in [5, 5.41) is 18.1. The van der Waals surface area contributed by atoms with Crippen LogP contribution in [-0.2, 0) is 0 Å². The van der Waals surface area contributed by atoms with E-state index < -0.39 is 0 Å². The molecule has 4 nitrogen and oxygen atoms in total. The van der Waals surface area contributed by atoms with E-state index in [1.54, 1.807) is 29.2 Å². The zero-order chi connectivity index (χ0) is 13.0. The van der Waals surface area contributed by atoms with Gasteiger partial charge in [-0.05, 0) is 30.9 Å². The number of benzene rings is 1. The second-order valence-electron chi connectivity index (χ2n) is 4.58. The Balaban J connectivity index is 2.11. The van der Waals surface area contributed by atoms with Crippen LogP contribution in [0.3, 0.4) is 0 Å². The van der Waals surface area contributed by atoms with Crippen molar-refractivity contribution in [2.24, 2.45) is 5.92 Å². The van der Waals surface area contributed by atoms with Crippen LogP contribution in [0.4, 0.5) is 0 Å². The first-order chi connectivity index (χ1) is 8.76. The zero-order valence-corrected chi connectivity index (χ0v) is 10.2. The van der Waals surface area contributed by atoms with Gasteiger partial charge in [-0.1, -0.05) is 12.1 Å². The van der Waals surface area contributed by atoms with E-state index in [0.717, 1.165) is 12.8 Å². The van der Waals surface area contributed by atoms with Gasteiger partial charge in [-0.25, -0.2) is 0 Å². The lowest BCUT2D eigenvalue weighted by Crippen LogP contribution is -2.39. The maximum atomic E-state index is 12.3. The molecule has 1 heterocycles. The third-order valence-corrected chi connectivity index (χ3v) is 3.44. The maximum Gasteiger partial charge on any atom is 0.255 e. The van der Waals surface area contributed by atoms with Gasteiger partial charge in [-0.3, -0.25) is 4.79 Å². The van der Waals surface area contributed by atoms with Crippen LogP contribution in [-0.4, -0.2) is 35.6 Å². The molecule has 1 aliphatic heterocycles. The highest BCUT2D eigenvalue weighted by atomic mass is 16.3. The van der Waals surface area contributed by atoms with Gasteiger partial charge in [-0.15, -0.1) is 0 Å². The topological polar surface area (TPSA) is 64.3 Å². The van der Waals surface area contributed by atoms with Crippen LogP contribution < -0.4 is 0 Å². The Morgan fingerprint density at radius 3 is 2.67 bits per heavy atom. The molecule has 0 aliphatic carbocycles. The molecule has 1 fully saturated rings. The van der Waals surface area contributed by atoms with Crippen LogP contribution in [0.2, 0.25) is 0 Å². The van der Waals surface area contributed by atoms with Crippen molar-refractivity contribution in [1.82, 2.24) is 4.90 Å². The largest absolute Gasteiger partial charge is 0.396 e. The molecule has 1 amide bonds. The van der Waals surface area contributed by atoms with E-state index in [1.807, 2.05) is 6.07 Å². The van der Waals surface area contributed by atoms with E-state index >= 15 is 0 Å². The van der Waals surface area contributed by atoms with E-state index in [9.17, 15) is 4.79 Å². The number of rotatable bonds is 2. The molecule has 1 aromatic rings. The molecule has 2 rings (SSSR count). The summed E-state index contributed by atoms with van der Waals surface area (Å²) in [7, 11) is 0. The molecule has 0 bridgehead atoms. The summed E-state index contributed by atoms with van der Waals surface area (Å²) in [5.41, 5.74) is 0.897. The number of hydrogen-bond acceptors (Lipinski definition) is 3. The number of aliphatic hydroxyl groups excluding tert-OH is 1. The quantitative estimate of drug-likeness (QED) is 0.855. The van der Waals surface area contributed by atoms with Gasteiger partial charge < -0.3 is 10.0 Å². The summed E-state index contributed by atoms with van der Waals surface area (Å²) in [4.78, 5) is 14.1. The first-order valence-corrected chi connectivity index (χ1v) is 6.15. The number of likely N-dealkylation sites (tertiary alicyclic amines) is 1. The fourth-order valence-corrected chi connectivity index (χ4v) is 2.26. The Kier molecular flexibility index (Phi) is 3.96. The van der Waals surface area contributed by atoms with Crippen LogP contribution in [0.15, 0.2) is 24.3 Å². The maximum absolute atomic E-state index is 12.3. The van der Waals surface area contributed by atoms with E-state index in [4.69, 9.17) is 10.4 Å². The predicted molar refractivity (Wildman–Crippen MR) is 66.9 cm³/mol. The third kappa shape index (κ3) is 2.52. The minimum absolute atomic E-state index is 0.0801. The molecule has 1 N–H and O–H groups in total. The normalized spacial score (nSPS) is 16.3. The van der Waals surface area contributed by atoms with Crippen molar-refractivity contribution in [2.75, 3.05) is 19.7 Å². The average molecular weight is 244 g/mol. The number of nitrogens with zero attached hydrogens (tertiary/aromatic N) is 2. The predicted octanol–water partition coefficient (Wildman–Crippen LogP) is 1.40. The second kappa shape index (κ2) is 5.65. The van der Waals surface area contributed by atoms with Crippen molar-refractivity contribution in [3.63, 3.8) is 0 Å². The molecule has 94 valence electrons. The van der Waals surface area contributed by atoms with Crippen LogP contribution >= 0.6 is 0 Å². The standard InChI is InChI=1S/C14H16N2O2/c15-9-12-3-1-2-4-13(12)14(18)16-7-5-11(10-17)6-8-16/h1-4,11,17H,5-8,10H2. The van der Waals surface area contributed by atoms with Crippen molar-refractivity contribution in [3.05, 3.63) is 35.4 Å². The van der Waals surface area contributed by atoms with Crippen molar-refractivity contribution in [1.29, 1.82) is 5.26 Å². The second-order valence-corrected chi connectivity index (χ2v) is 4.58. The molecule has 0 saturated carbocycles. The third-order valence-electron chi connectivity index (χ3n) is 3.44. The Morgan fingerprint density at radius 2 is 2.06 bits per heavy atom. The Morgan fingerprint density at radius 1 is 1.39 bits per heavy atom. The number of nitriles is 1. The van der Waals surface area contributed by atoms with Gasteiger partial charge in [0.1, 0.15) is 0 Å². The molecule has 1 aromatic carbocycles. The van der Waals surface area contributed by atoms with E-state index in [1.165, 1.54) is 0 Å². The summed E-state index contributed by atoms with van der Waals surface area (Å²) in [5.74, 6) is 0.226. The lowest BCUT2D eigenvalue weighted by Gasteiger charge is -2.31. The molecule has 4 heteroatoms. The lowest BCUT2D eigenvalue weighted by atomic mass is 9.97. The van der Waals surface area contributed by atoms with E-state index in [2.05, 4.69) is 0 Å². The van der Waals surface area contributed by atoms with Gasteiger partial charge in [0.15, 0.2) is 0 Å². The van der Waals surface area contributed by atoms with Crippen molar-refractivity contribution < 1.29 is 9.90 Å². The highest BCUT2D eigenvalue weighted by Gasteiger charge is 2.24. The fourth-order valence-electron chi connectivity index (χ4n) is 2.26. The number of hydrogen-bond donors (Lipinski definition) is 1. The molecule has 0 atom stereocenters. The van der Waals surface area contributed by atoms with E-state index in [0.29, 0.717) is 30.1 Å². The first-order valence-electron chi connectivity index (χ1n) is 6.15. The number of piperidine rings is 1. The number of aliphatic hydroxyl groups is 1. The molecular weight excluding hydrogens is 228 g/mol. The summed E-state index contributed by atoms with van der Waals surface area (Å²) >= 11 is 0. The van der Waals surface area contributed by atoms with Gasteiger partial charge in [0.25, 0.3) is 5.91 Å². The van der Waals surface area contributed by atoms with Crippen LogP contribution in [0.5, 0.6) is 0 Å². The summed E-state index contributed by atoms with van der Waals surface area (Å²) in [6.07, 6.45) is 1.66. The first kappa shape index (κ1) is 12.6. The van der Waals surface area contributed by atoms with Crippen molar-refractivity contribution >= 4 is 5.91 Å². The lowest BCUT2D eigenvalue weighted by molar-refractivity contribution is 0.0650. The molecule has 0 unspecified atom stereocenters. The van der Waals surface area contributed by atoms with Crippen molar-refractivity contribution in [3.8, 4) is 6.07 Å². The zero-order valence-electron chi connectivity index (χ0n) is 10.2. The highest BCUT2D eigenvalue weighted by Crippen LogP contribution is 2.19. The Labute approximate surface area is 106 Å². The van der Waals surface area contributed by atoms with Crippen molar-refractivity contribution in [2.45, 2.75) is 12.8 Å². The van der Waals surface area contributed by atoms with Crippen LogP contribution in [0.1, 0.15) is 28.8 Å². The Bertz CT molecular complexity index is 471. The van der Waals surface area contributed by atoms with Gasteiger partial charge >= 0.3 is 0 Å². The molecule has 0 radical (unpaired) electrons. The van der Waals surface area contributed by atoms with Crippen LogP contribution in [0, 0.1) is 17.2 Å². The SMILES string of the molecule is N#Cc1ccccc1C(=O)N1CCC(CO)CC1. The molecule has 0 aromatic heterocycles. The van der Waals surface area contributed by atoms with Crippen LogP contribution in [0.25, 0.3) is 0 Å². The highest BCUT2D eigenvalue weighted by molar-refractivity contribution is 5.96. The average Bonchev–Trinajstić information content (AvgIpc) is 2.46. The van der Waals surface area contributed by atoms with Gasteiger partial charge in [0.05, 0.1) is 17.2 Å². The minimum atomic E-state index is -0.0801. The molecule has 0 spiro atoms. The van der Waals surface area contributed by atoms with Gasteiger partial charge in [0.2, 0.25) is 0 Å². The number of carbonyl (C=O) groups excluding carboxylic acids is 1. The van der Waals surface area contributed by atoms with E-state index in [-0.39, 0.29) is 12.5 Å². The molecular formula is C14H16N2O2.